The summed E-state index contributed by atoms with van der Waals surface area (Å²) in [7, 11) is 1.86. The highest BCUT2D eigenvalue weighted by Gasteiger charge is 2.27. The zero-order chi connectivity index (χ0) is 12.3. The molecule has 1 aromatic heterocycles. The van der Waals surface area contributed by atoms with E-state index in [9.17, 15) is 0 Å². The Morgan fingerprint density at radius 2 is 2.12 bits per heavy atom. The van der Waals surface area contributed by atoms with Crippen molar-refractivity contribution in [3.8, 4) is 0 Å². The van der Waals surface area contributed by atoms with Crippen LogP contribution in [0, 0.1) is 0 Å². The van der Waals surface area contributed by atoms with Crippen molar-refractivity contribution in [3.05, 3.63) is 11.9 Å². The summed E-state index contributed by atoms with van der Waals surface area (Å²) >= 11 is 0. The van der Waals surface area contributed by atoms with Gasteiger partial charge in [0.1, 0.15) is 17.5 Å². The lowest BCUT2D eigenvalue weighted by Gasteiger charge is -2.14. The average molecular weight is 236 g/mol. The van der Waals surface area contributed by atoms with E-state index >= 15 is 0 Å². The first kappa shape index (κ1) is 12.1. The lowest BCUT2D eigenvalue weighted by Crippen LogP contribution is -2.18. The summed E-state index contributed by atoms with van der Waals surface area (Å²) in [5.74, 6) is 3.15. The minimum absolute atomic E-state index is 0.188. The van der Waals surface area contributed by atoms with E-state index in [0.717, 1.165) is 23.9 Å². The largest absolute Gasteiger partial charge is 0.396 e. The normalized spacial score (nSPS) is 16.6. The molecule has 1 aliphatic carbocycles. The van der Waals surface area contributed by atoms with Crippen molar-refractivity contribution < 1.29 is 5.11 Å². The van der Waals surface area contributed by atoms with Gasteiger partial charge in [0.2, 0.25) is 0 Å². The Labute approximate surface area is 102 Å². The quantitative estimate of drug-likeness (QED) is 0.699. The molecule has 1 atom stereocenters. The van der Waals surface area contributed by atoms with Gasteiger partial charge in [0.05, 0.1) is 0 Å². The van der Waals surface area contributed by atoms with E-state index in [2.05, 4.69) is 20.6 Å². The zero-order valence-electron chi connectivity index (χ0n) is 10.4. The molecule has 0 aromatic carbocycles. The summed E-state index contributed by atoms with van der Waals surface area (Å²) < 4.78 is 0. The first-order valence-corrected chi connectivity index (χ1v) is 6.17. The third kappa shape index (κ3) is 3.30. The number of rotatable bonds is 6. The number of nitrogens with zero attached hydrogens (tertiary/aromatic N) is 2. The van der Waals surface area contributed by atoms with Crippen LogP contribution >= 0.6 is 0 Å². The second-order valence-corrected chi connectivity index (χ2v) is 4.58. The first-order chi connectivity index (χ1) is 8.22. The van der Waals surface area contributed by atoms with Gasteiger partial charge in [0.15, 0.2) is 0 Å². The average Bonchev–Trinajstić information content (AvgIpc) is 3.12. The van der Waals surface area contributed by atoms with Gasteiger partial charge in [-0.2, -0.15) is 0 Å². The standard InChI is InChI=1S/C12H20N4O/c1-8(5-6-17)14-11-7-10(13-2)15-12(16-11)9-3-4-9/h7-9,17H,3-6H2,1-2H3,(H2,13,14,15,16). The van der Waals surface area contributed by atoms with E-state index in [-0.39, 0.29) is 12.6 Å². The summed E-state index contributed by atoms with van der Waals surface area (Å²) in [5, 5.41) is 15.2. The fourth-order valence-corrected chi connectivity index (χ4v) is 1.71. The zero-order valence-corrected chi connectivity index (χ0v) is 10.4. The van der Waals surface area contributed by atoms with Crippen molar-refractivity contribution in [1.82, 2.24) is 9.97 Å². The van der Waals surface area contributed by atoms with Crippen LogP contribution in [0.15, 0.2) is 6.07 Å². The number of nitrogens with one attached hydrogen (secondary N) is 2. The molecule has 1 aromatic rings. The highest BCUT2D eigenvalue weighted by atomic mass is 16.3. The van der Waals surface area contributed by atoms with Gasteiger partial charge in [-0.3, -0.25) is 0 Å². The Kier molecular flexibility index (Phi) is 3.78. The van der Waals surface area contributed by atoms with Gasteiger partial charge in [-0.15, -0.1) is 0 Å². The van der Waals surface area contributed by atoms with Crippen molar-refractivity contribution in [3.63, 3.8) is 0 Å². The molecule has 1 aliphatic rings. The van der Waals surface area contributed by atoms with Crippen LogP contribution in [0.3, 0.4) is 0 Å². The van der Waals surface area contributed by atoms with Crippen molar-refractivity contribution in [2.75, 3.05) is 24.3 Å². The minimum atomic E-state index is 0.188. The Morgan fingerprint density at radius 1 is 1.41 bits per heavy atom. The van der Waals surface area contributed by atoms with Crippen LogP contribution in [0.25, 0.3) is 0 Å². The smallest absolute Gasteiger partial charge is 0.136 e. The Hall–Kier alpha value is -1.36. The summed E-state index contributed by atoms with van der Waals surface area (Å²) in [4.78, 5) is 8.98. The molecule has 1 saturated carbocycles. The highest BCUT2D eigenvalue weighted by molar-refractivity contribution is 5.48. The van der Waals surface area contributed by atoms with Crippen LogP contribution < -0.4 is 10.6 Å². The molecule has 2 rings (SSSR count). The molecular weight excluding hydrogens is 216 g/mol. The molecule has 1 unspecified atom stereocenters. The predicted octanol–water partition coefficient (Wildman–Crippen LogP) is 1.58. The van der Waals surface area contributed by atoms with E-state index in [0.29, 0.717) is 5.92 Å². The molecule has 0 spiro atoms. The van der Waals surface area contributed by atoms with Gasteiger partial charge in [0, 0.05) is 31.7 Å². The van der Waals surface area contributed by atoms with Crippen LogP contribution in [0.2, 0.25) is 0 Å². The SMILES string of the molecule is CNc1cc(NC(C)CCO)nc(C2CC2)n1. The number of hydrogen-bond acceptors (Lipinski definition) is 5. The summed E-state index contributed by atoms with van der Waals surface area (Å²) in [6.45, 7) is 2.22. The van der Waals surface area contributed by atoms with Crippen molar-refractivity contribution in [2.45, 2.75) is 38.1 Å². The van der Waals surface area contributed by atoms with Gasteiger partial charge >= 0.3 is 0 Å². The second kappa shape index (κ2) is 5.31. The van der Waals surface area contributed by atoms with E-state index in [1.165, 1.54) is 12.8 Å². The maximum Gasteiger partial charge on any atom is 0.136 e. The third-order valence-corrected chi connectivity index (χ3v) is 2.90. The molecule has 94 valence electrons. The van der Waals surface area contributed by atoms with Gasteiger partial charge < -0.3 is 15.7 Å². The van der Waals surface area contributed by atoms with Gasteiger partial charge in [-0.05, 0) is 26.2 Å². The Morgan fingerprint density at radius 3 is 2.71 bits per heavy atom. The van der Waals surface area contributed by atoms with Gasteiger partial charge in [-0.1, -0.05) is 0 Å². The maximum absolute atomic E-state index is 8.88. The van der Waals surface area contributed by atoms with Crippen molar-refractivity contribution in [1.29, 1.82) is 0 Å². The number of aromatic nitrogens is 2. The number of anilines is 2. The summed E-state index contributed by atoms with van der Waals surface area (Å²) in [6.07, 6.45) is 3.11. The number of hydrogen-bond donors (Lipinski definition) is 3. The van der Waals surface area contributed by atoms with E-state index in [1.54, 1.807) is 0 Å². The molecular formula is C12H20N4O. The van der Waals surface area contributed by atoms with Crippen LogP contribution in [-0.2, 0) is 0 Å². The molecule has 1 heterocycles. The van der Waals surface area contributed by atoms with Crippen LogP contribution in [0.5, 0.6) is 0 Å². The van der Waals surface area contributed by atoms with E-state index < -0.39 is 0 Å². The Bertz CT molecular complexity index is 379. The monoisotopic (exact) mass is 236 g/mol. The molecule has 0 bridgehead atoms. The minimum Gasteiger partial charge on any atom is -0.396 e. The lowest BCUT2D eigenvalue weighted by atomic mass is 10.2. The third-order valence-electron chi connectivity index (χ3n) is 2.90. The van der Waals surface area contributed by atoms with Gasteiger partial charge in [-0.25, -0.2) is 9.97 Å². The number of aliphatic hydroxyl groups is 1. The van der Waals surface area contributed by atoms with Crippen LogP contribution in [-0.4, -0.2) is 34.8 Å². The molecule has 0 aliphatic heterocycles. The Balaban J connectivity index is 2.11. The molecule has 0 saturated heterocycles. The van der Waals surface area contributed by atoms with E-state index in [1.807, 2.05) is 20.0 Å². The second-order valence-electron chi connectivity index (χ2n) is 4.58. The predicted molar refractivity (Wildman–Crippen MR) is 68.3 cm³/mol. The van der Waals surface area contributed by atoms with Crippen molar-refractivity contribution in [2.24, 2.45) is 0 Å². The van der Waals surface area contributed by atoms with Crippen LogP contribution in [0.4, 0.5) is 11.6 Å². The summed E-state index contributed by atoms with van der Waals surface area (Å²) in [6, 6.07) is 2.12. The van der Waals surface area contributed by atoms with Crippen molar-refractivity contribution >= 4 is 11.6 Å². The highest BCUT2D eigenvalue weighted by Crippen LogP contribution is 2.38. The molecule has 5 heteroatoms. The van der Waals surface area contributed by atoms with Crippen LogP contribution in [0.1, 0.15) is 37.9 Å². The molecule has 0 amide bonds. The number of aliphatic hydroxyl groups excluding tert-OH is 1. The molecule has 5 nitrogen and oxygen atoms in total. The fraction of sp³-hybridized carbons (Fsp3) is 0.667. The van der Waals surface area contributed by atoms with E-state index in [4.69, 9.17) is 5.11 Å². The molecule has 17 heavy (non-hydrogen) atoms. The molecule has 3 N–H and O–H groups in total. The topological polar surface area (TPSA) is 70.1 Å². The summed E-state index contributed by atoms with van der Waals surface area (Å²) in [5.41, 5.74) is 0. The fourth-order valence-electron chi connectivity index (χ4n) is 1.71. The molecule has 1 fully saturated rings. The maximum atomic E-state index is 8.88. The first-order valence-electron chi connectivity index (χ1n) is 6.17. The molecule has 0 radical (unpaired) electrons. The lowest BCUT2D eigenvalue weighted by molar-refractivity contribution is 0.282. The van der Waals surface area contributed by atoms with Gasteiger partial charge in [0.25, 0.3) is 0 Å².